The molecule has 2 N–H and O–H groups in total. The fraction of sp³-hybridized carbons (Fsp3) is 0.632. The largest absolute Gasteiger partial charge is 0.348 e. The van der Waals surface area contributed by atoms with Crippen molar-refractivity contribution < 1.29 is 9.59 Å². The van der Waals surface area contributed by atoms with Crippen molar-refractivity contribution in [3.05, 3.63) is 29.6 Å². The molecule has 0 bridgehead atoms. The predicted octanol–water partition coefficient (Wildman–Crippen LogP) is 3.21. The van der Waals surface area contributed by atoms with Crippen molar-refractivity contribution in [1.29, 1.82) is 0 Å². The fourth-order valence-electron chi connectivity index (χ4n) is 3.70. The Morgan fingerprint density at radius 3 is 1.58 bits per heavy atom. The number of rotatable bonds is 4. The van der Waals surface area contributed by atoms with Crippen molar-refractivity contribution in [2.24, 2.45) is 0 Å². The van der Waals surface area contributed by atoms with Gasteiger partial charge in [-0.25, -0.2) is 4.98 Å². The Kier molecular flexibility index (Phi) is 5.83. The van der Waals surface area contributed by atoms with Crippen LogP contribution in [0.3, 0.4) is 0 Å². The van der Waals surface area contributed by atoms with E-state index in [0.29, 0.717) is 11.4 Å². The van der Waals surface area contributed by atoms with Crippen LogP contribution in [0.25, 0.3) is 0 Å². The highest BCUT2D eigenvalue weighted by molar-refractivity contribution is 5.96. The lowest BCUT2D eigenvalue weighted by Gasteiger charge is -2.23. The quantitative estimate of drug-likeness (QED) is 0.891. The molecule has 1 heterocycles. The molecule has 1 aromatic heterocycles. The Morgan fingerprint density at radius 1 is 0.750 bits per heavy atom. The van der Waals surface area contributed by atoms with E-state index < -0.39 is 0 Å². The molecule has 2 fully saturated rings. The average molecular weight is 329 g/mol. The number of pyridine rings is 1. The number of nitrogens with one attached hydrogen (secondary N) is 2. The van der Waals surface area contributed by atoms with E-state index in [1.54, 1.807) is 18.2 Å². The highest BCUT2D eigenvalue weighted by atomic mass is 16.2. The number of nitrogens with zero attached hydrogens (tertiary/aromatic N) is 1. The van der Waals surface area contributed by atoms with Gasteiger partial charge in [-0.1, -0.05) is 44.6 Å². The summed E-state index contributed by atoms with van der Waals surface area (Å²) in [7, 11) is 0. The second kappa shape index (κ2) is 8.27. The van der Waals surface area contributed by atoms with Gasteiger partial charge in [0.05, 0.1) is 0 Å². The van der Waals surface area contributed by atoms with Crippen molar-refractivity contribution in [3.63, 3.8) is 0 Å². The molecule has 5 nitrogen and oxygen atoms in total. The minimum absolute atomic E-state index is 0.172. The molecule has 0 saturated heterocycles. The number of amides is 2. The normalized spacial score (nSPS) is 19.7. The zero-order chi connectivity index (χ0) is 16.8. The van der Waals surface area contributed by atoms with Gasteiger partial charge in [-0.2, -0.15) is 0 Å². The van der Waals surface area contributed by atoms with Crippen LogP contribution in [0.5, 0.6) is 0 Å². The van der Waals surface area contributed by atoms with E-state index in [0.717, 1.165) is 25.7 Å². The first-order chi connectivity index (χ1) is 11.7. The number of carbonyl (C=O) groups is 2. The zero-order valence-electron chi connectivity index (χ0n) is 14.2. The lowest BCUT2D eigenvalue weighted by molar-refractivity contribution is 0.0918. The molecule has 2 saturated carbocycles. The van der Waals surface area contributed by atoms with E-state index >= 15 is 0 Å². The van der Waals surface area contributed by atoms with Gasteiger partial charge >= 0.3 is 0 Å². The van der Waals surface area contributed by atoms with E-state index in [-0.39, 0.29) is 23.9 Å². The molecule has 1 aromatic rings. The molecule has 130 valence electrons. The van der Waals surface area contributed by atoms with E-state index in [2.05, 4.69) is 15.6 Å². The first-order valence-corrected chi connectivity index (χ1v) is 9.31. The highest BCUT2D eigenvalue weighted by Crippen LogP contribution is 2.19. The van der Waals surface area contributed by atoms with Crippen LogP contribution in [0.15, 0.2) is 18.2 Å². The molecule has 3 rings (SSSR count). The third-order valence-corrected chi connectivity index (χ3v) is 5.10. The summed E-state index contributed by atoms with van der Waals surface area (Å²) in [6, 6.07) is 5.57. The van der Waals surface area contributed by atoms with Gasteiger partial charge in [-0.05, 0) is 37.8 Å². The van der Waals surface area contributed by atoms with E-state index in [9.17, 15) is 9.59 Å². The fourth-order valence-corrected chi connectivity index (χ4v) is 3.70. The van der Waals surface area contributed by atoms with Gasteiger partial charge in [0.1, 0.15) is 11.4 Å². The van der Waals surface area contributed by atoms with Crippen molar-refractivity contribution in [1.82, 2.24) is 15.6 Å². The van der Waals surface area contributed by atoms with Gasteiger partial charge in [0.15, 0.2) is 0 Å². The molecular formula is C19H27N3O2. The number of aromatic nitrogens is 1. The summed E-state index contributed by atoms with van der Waals surface area (Å²) in [5.74, 6) is -0.344. The summed E-state index contributed by atoms with van der Waals surface area (Å²) < 4.78 is 0. The minimum atomic E-state index is -0.172. The second-order valence-electron chi connectivity index (χ2n) is 7.02. The van der Waals surface area contributed by atoms with Crippen molar-refractivity contribution in [2.75, 3.05) is 0 Å². The predicted molar refractivity (Wildman–Crippen MR) is 92.9 cm³/mol. The Bertz CT molecular complexity index is 528. The van der Waals surface area contributed by atoms with Crippen LogP contribution in [0.2, 0.25) is 0 Å². The average Bonchev–Trinajstić information content (AvgIpc) is 2.63. The molecule has 2 aliphatic carbocycles. The van der Waals surface area contributed by atoms with Crippen molar-refractivity contribution >= 4 is 11.8 Å². The lowest BCUT2D eigenvalue weighted by atomic mass is 9.95. The van der Waals surface area contributed by atoms with Crippen LogP contribution in [-0.2, 0) is 0 Å². The molecule has 0 spiro atoms. The monoisotopic (exact) mass is 329 g/mol. The van der Waals surface area contributed by atoms with Crippen LogP contribution < -0.4 is 10.6 Å². The Hall–Kier alpha value is -1.91. The molecule has 2 amide bonds. The smallest absolute Gasteiger partial charge is 0.270 e. The summed E-state index contributed by atoms with van der Waals surface area (Å²) in [5, 5.41) is 6.10. The van der Waals surface area contributed by atoms with Crippen molar-refractivity contribution in [3.8, 4) is 0 Å². The standard InChI is InChI=1S/C19H27N3O2/c23-18(20-14-8-3-1-4-9-14)16-12-7-13-17(22-16)19(24)21-15-10-5-2-6-11-15/h7,12-15H,1-6,8-11H2,(H,20,23)(H,21,24). The second-order valence-corrected chi connectivity index (χ2v) is 7.02. The molecule has 2 aliphatic rings. The third kappa shape index (κ3) is 4.56. The van der Waals surface area contributed by atoms with E-state index in [1.165, 1.54) is 38.5 Å². The maximum Gasteiger partial charge on any atom is 0.270 e. The van der Waals surface area contributed by atoms with Gasteiger partial charge in [0.25, 0.3) is 11.8 Å². The van der Waals surface area contributed by atoms with E-state index in [1.807, 2.05) is 0 Å². The first kappa shape index (κ1) is 16.9. The third-order valence-electron chi connectivity index (χ3n) is 5.10. The summed E-state index contributed by atoms with van der Waals surface area (Å²) >= 11 is 0. The summed E-state index contributed by atoms with van der Waals surface area (Å²) in [5.41, 5.74) is 0.661. The van der Waals surface area contributed by atoms with Gasteiger partial charge in [0.2, 0.25) is 0 Å². The van der Waals surface area contributed by atoms with Crippen LogP contribution >= 0.6 is 0 Å². The molecule has 0 unspecified atom stereocenters. The topological polar surface area (TPSA) is 71.1 Å². The maximum absolute atomic E-state index is 12.4. The van der Waals surface area contributed by atoms with Gasteiger partial charge in [-0.15, -0.1) is 0 Å². The first-order valence-electron chi connectivity index (χ1n) is 9.31. The molecule has 0 aliphatic heterocycles. The minimum Gasteiger partial charge on any atom is -0.348 e. The number of hydrogen-bond acceptors (Lipinski definition) is 3. The molecule has 0 atom stereocenters. The maximum atomic E-state index is 12.4. The Morgan fingerprint density at radius 2 is 1.17 bits per heavy atom. The summed E-state index contributed by atoms with van der Waals surface area (Å²) in [6.45, 7) is 0. The van der Waals surface area contributed by atoms with Crippen LogP contribution in [0, 0.1) is 0 Å². The van der Waals surface area contributed by atoms with Gasteiger partial charge in [-0.3, -0.25) is 9.59 Å². The zero-order valence-corrected chi connectivity index (χ0v) is 14.2. The SMILES string of the molecule is O=C(NC1CCCCC1)c1cccc(C(=O)NC2CCCCC2)n1. The number of hydrogen-bond donors (Lipinski definition) is 2. The van der Waals surface area contributed by atoms with Crippen LogP contribution in [0.1, 0.15) is 85.2 Å². The van der Waals surface area contributed by atoms with E-state index in [4.69, 9.17) is 0 Å². The molecule has 5 heteroatoms. The van der Waals surface area contributed by atoms with Gasteiger partial charge in [0, 0.05) is 12.1 Å². The Balaban J connectivity index is 1.60. The van der Waals surface area contributed by atoms with Crippen LogP contribution in [0.4, 0.5) is 0 Å². The number of carbonyl (C=O) groups excluding carboxylic acids is 2. The van der Waals surface area contributed by atoms with Crippen LogP contribution in [-0.4, -0.2) is 28.9 Å². The molecule has 24 heavy (non-hydrogen) atoms. The highest BCUT2D eigenvalue weighted by Gasteiger charge is 2.20. The summed E-state index contributed by atoms with van der Waals surface area (Å²) in [4.78, 5) is 29.0. The van der Waals surface area contributed by atoms with Crippen molar-refractivity contribution in [2.45, 2.75) is 76.3 Å². The molecule has 0 radical (unpaired) electrons. The molecular weight excluding hydrogens is 302 g/mol. The molecule has 0 aromatic carbocycles. The summed E-state index contributed by atoms with van der Waals surface area (Å²) in [6.07, 6.45) is 11.3. The Labute approximate surface area is 143 Å². The van der Waals surface area contributed by atoms with Gasteiger partial charge < -0.3 is 10.6 Å². The lowest BCUT2D eigenvalue weighted by Crippen LogP contribution is -2.38.